The lowest BCUT2D eigenvalue weighted by atomic mass is 9.69. The fourth-order valence-corrected chi connectivity index (χ4v) is 5.45. The Morgan fingerprint density at radius 2 is 1.95 bits per heavy atom. The van der Waals surface area contributed by atoms with Gasteiger partial charge in [0.1, 0.15) is 11.6 Å². The van der Waals surface area contributed by atoms with Gasteiger partial charge in [-0.25, -0.2) is 9.37 Å². The van der Waals surface area contributed by atoms with E-state index in [0.29, 0.717) is 30.4 Å². The van der Waals surface area contributed by atoms with E-state index >= 15 is 0 Å². The average Bonchev–Trinajstić information content (AvgIpc) is 3.15. The van der Waals surface area contributed by atoms with Crippen LogP contribution in [0.4, 0.5) is 4.39 Å². The number of rotatable bonds is 5. The maximum Gasteiger partial charge on any atom is 0.312 e. The Hall–Kier alpha value is -3.80. The fraction of sp³-hybridized carbons (Fsp3) is 0.500. The summed E-state index contributed by atoms with van der Waals surface area (Å²) in [5.41, 5.74) is -1.02. The molecule has 2 aromatic rings. The van der Waals surface area contributed by atoms with Crippen LogP contribution >= 0.6 is 0 Å². The molecule has 3 amide bonds. The van der Waals surface area contributed by atoms with Crippen LogP contribution in [0, 0.1) is 18.2 Å². The Morgan fingerprint density at radius 1 is 1.24 bits per heavy atom. The van der Waals surface area contributed by atoms with E-state index in [1.807, 2.05) is 0 Å². The minimum absolute atomic E-state index is 0.0169. The number of carbonyl (C=O) groups is 3. The summed E-state index contributed by atoms with van der Waals surface area (Å²) < 4.78 is 14.8. The van der Waals surface area contributed by atoms with Gasteiger partial charge < -0.3 is 25.3 Å². The Morgan fingerprint density at radius 3 is 2.58 bits per heavy atom. The largest absolute Gasteiger partial charge is 0.501 e. The van der Waals surface area contributed by atoms with Crippen molar-refractivity contribution in [2.75, 3.05) is 27.7 Å². The molecule has 3 unspecified atom stereocenters. The number of aryl methyl sites for hydroxylation is 1. The van der Waals surface area contributed by atoms with Crippen LogP contribution < -0.4 is 10.9 Å². The van der Waals surface area contributed by atoms with Gasteiger partial charge in [-0.1, -0.05) is 12.1 Å². The first-order valence-corrected chi connectivity index (χ1v) is 12.4. The van der Waals surface area contributed by atoms with Gasteiger partial charge in [-0.05, 0) is 43.4 Å². The molecular formula is C26H32FN5O6. The smallest absolute Gasteiger partial charge is 0.312 e. The number of amides is 3. The zero-order chi connectivity index (χ0) is 27.9. The molecule has 11 nitrogen and oxygen atoms in total. The van der Waals surface area contributed by atoms with Crippen molar-refractivity contribution in [1.29, 1.82) is 0 Å². The van der Waals surface area contributed by atoms with E-state index in [2.05, 4.69) is 10.3 Å². The van der Waals surface area contributed by atoms with E-state index in [0.717, 1.165) is 0 Å². The van der Waals surface area contributed by atoms with Gasteiger partial charge in [0.15, 0.2) is 5.69 Å². The third-order valence-corrected chi connectivity index (χ3v) is 7.73. The van der Waals surface area contributed by atoms with Crippen LogP contribution in [0.15, 0.2) is 23.0 Å². The molecule has 5 rings (SSSR count). The number of aromatic nitrogens is 2. The maximum absolute atomic E-state index is 13.6. The number of fused-ring (bicyclic) bond motifs is 2. The van der Waals surface area contributed by atoms with Gasteiger partial charge in [0, 0.05) is 51.6 Å². The highest BCUT2D eigenvalue weighted by atomic mass is 19.1. The summed E-state index contributed by atoms with van der Waals surface area (Å²) in [6.07, 6.45) is 1.29. The lowest BCUT2D eigenvalue weighted by Gasteiger charge is -2.43. The summed E-state index contributed by atoms with van der Waals surface area (Å²) in [4.78, 5) is 58.5. The minimum Gasteiger partial charge on any atom is -0.501 e. The van der Waals surface area contributed by atoms with Crippen LogP contribution in [0.25, 0.3) is 0 Å². The van der Waals surface area contributed by atoms with E-state index in [-0.39, 0.29) is 31.3 Å². The lowest BCUT2D eigenvalue weighted by molar-refractivity contribution is -0.152. The molecule has 0 spiro atoms. The molecule has 3 N–H and O–H groups in total. The lowest BCUT2D eigenvalue weighted by Crippen LogP contribution is -2.51. The molecule has 12 heteroatoms. The van der Waals surface area contributed by atoms with E-state index in [1.165, 1.54) is 47.6 Å². The van der Waals surface area contributed by atoms with E-state index in [9.17, 15) is 33.8 Å². The van der Waals surface area contributed by atoms with Crippen LogP contribution in [0.3, 0.4) is 0 Å². The van der Waals surface area contributed by atoms with E-state index in [4.69, 9.17) is 0 Å². The molecular weight excluding hydrogens is 497 g/mol. The monoisotopic (exact) mass is 529 g/mol. The maximum atomic E-state index is 13.6. The van der Waals surface area contributed by atoms with Crippen molar-refractivity contribution in [2.45, 2.75) is 51.2 Å². The standard InChI is InChI=1S/C26H32FN5O6/c1-14-9-15(5-6-17(14)27)11-28-22(35)19-20(34)23(36)32-12-26(13-33)8-7-16(21(32)29-19)18(10-26)31(4)25(38)24(37)30(2)3/h5-6,9,16,18,33-34H,7-8,10-13H2,1-4H3,(H,28,35). The number of aliphatic hydroxyl groups is 1. The second-order valence-electron chi connectivity index (χ2n) is 10.5. The molecule has 3 atom stereocenters. The number of halogens is 1. The normalized spacial score (nSPS) is 21.8. The molecule has 1 aromatic carbocycles. The number of aromatic hydroxyl groups is 1. The molecule has 2 bridgehead atoms. The molecule has 2 aliphatic heterocycles. The highest BCUT2D eigenvalue weighted by molar-refractivity contribution is 6.34. The first kappa shape index (κ1) is 27.2. The summed E-state index contributed by atoms with van der Waals surface area (Å²) in [7, 11) is 4.45. The van der Waals surface area contributed by atoms with Crippen molar-refractivity contribution in [3.63, 3.8) is 0 Å². The molecule has 3 heterocycles. The first-order chi connectivity index (χ1) is 17.9. The first-order valence-electron chi connectivity index (χ1n) is 12.4. The number of nitrogens with zero attached hydrogens (tertiary/aromatic N) is 4. The zero-order valence-electron chi connectivity index (χ0n) is 21.8. The Labute approximate surface area is 218 Å². The van der Waals surface area contributed by atoms with Gasteiger partial charge in [0.05, 0.1) is 6.61 Å². The van der Waals surface area contributed by atoms with Gasteiger partial charge in [-0.2, -0.15) is 0 Å². The van der Waals surface area contributed by atoms with Crippen molar-refractivity contribution < 1.29 is 29.0 Å². The zero-order valence-corrected chi connectivity index (χ0v) is 21.8. The summed E-state index contributed by atoms with van der Waals surface area (Å²) in [5, 5.41) is 23.6. The predicted molar refractivity (Wildman–Crippen MR) is 134 cm³/mol. The summed E-state index contributed by atoms with van der Waals surface area (Å²) in [6, 6.07) is 3.80. The second-order valence-corrected chi connectivity index (χ2v) is 10.5. The minimum atomic E-state index is -0.820. The van der Waals surface area contributed by atoms with Gasteiger partial charge in [-0.15, -0.1) is 0 Å². The van der Waals surface area contributed by atoms with Gasteiger partial charge in [0.2, 0.25) is 5.75 Å². The Kier molecular flexibility index (Phi) is 7.29. The quantitative estimate of drug-likeness (QED) is 0.479. The van der Waals surface area contributed by atoms with E-state index < -0.39 is 52.1 Å². The van der Waals surface area contributed by atoms with Crippen LogP contribution in [0.1, 0.15) is 52.6 Å². The number of benzene rings is 1. The van der Waals surface area contributed by atoms with Crippen LogP contribution in [-0.4, -0.2) is 81.1 Å². The Bertz CT molecular complexity index is 1360. The highest BCUT2D eigenvalue weighted by Gasteiger charge is 2.50. The molecule has 1 aliphatic carbocycles. The SMILES string of the molecule is Cc1cc(CNC(=O)c2nc3n(c(=O)c2O)CC2(CO)CCC3C(N(C)C(=O)C(=O)N(C)C)C2)ccc1F. The number of carbonyl (C=O) groups excluding carboxylic acids is 3. The molecule has 204 valence electrons. The topological polar surface area (TPSA) is 145 Å². The average molecular weight is 530 g/mol. The van der Waals surface area contributed by atoms with Crippen molar-refractivity contribution >= 4 is 17.7 Å². The summed E-state index contributed by atoms with van der Waals surface area (Å²) >= 11 is 0. The number of aliphatic hydroxyl groups excluding tert-OH is 1. The molecule has 1 fully saturated rings. The van der Waals surface area contributed by atoms with Crippen molar-refractivity contribution in [2.24, 2.45) is 5.41 Å². The van der Waals surface area contributed by atoms with Gasteiger partial charge in [-0.3, -0.25) is 23.7 Å². The summed E-state index contributed by atoms with van der Waals surface area (Å²) in [6.45, 7) is 1.39. The number of nitrogens with one attached hydrogen (secondary N) is 1. The van der Waals surface area contributed by atoms with Crippen molar-refractivity contribution in [1.82, 2.24) is 24.7 Å². The van der Waals surface area contributed by atoms with Crippen LogP contribution in [0.5, 0.6) is 5.75 Å². The third kappa shape index (κ3) is 4.75. The number of hydrogen-bond donors (Lipinski definition) is 3. The van der Waals surface area contributed by atoms with E-state index in [1.54, 1.807) is 13.0 Å². The second kappa shape index (κ2) is 10.2. The molecule has 0 saturated heterocycles. The molecule has 1 saturated carbocycles. The summed E-state index contributed by atoms with van der Waals surface area (Å²) in [5.74, 6) is -3.73. The van der Waals surface area contributed by atoms with Crippen LogP contribution in [0.2, 0.25) is 0 Å². The van der Waals surface area contributed by atoms with Gasteiger partial charge in [0.25, 0.3) is 11.5 Å². The highest BCUT2D eigenvalue weighted by Crippen LogP contribution is 2.48. The van der Waals surface area contributed by atoms with Crippen molar-refractivity contribution in [3.05, 3.63) is 57.0 Å². The third-order valence-electron chi connectivity index (χ3n) is 7.73. The molecule has 38 heavy (non-hydrogen) atoms. The molecule has 3 aliphatic rings. The number of likely N-dealkylation sites (N-methyl/N-ethyl adjacent to an activating group) is 2. The molecule has 1 aromatic heterocycles. The number of hydrogen-bond acceptors (Lipinski definition) is 7. The fourth-order valence-electron chi connectivity index (χ4n) is 5.45. The predicted octanol–water partition coefficient (Wildman–Crippen LogP) is 0.501. The van der Waals surface area contributed by atoms with Crippen molar-refractivity contribution in [3.8, 4) is 5.75 Å². The molecule has 0 radical (unpaired) electrons. The van der Waals surface area contributed by atoms with Crippen LogP contribution in [-0.2, 0) is 22.7 Å². The Balaban J connectivity index is 1.71. The van der Waals surface area contributed by atoms with Gasteiger partial charge >= 0.3 is 11.8 Å².